The van der Waals surface area contributed by atoms with E-state index in [1.807, 2.05) is 92.4 Å². The molecule has 0 aromatic heterocycles. The average molecular weight is 511 g/mol. The minimum Gasteiger partial charge on any atom is -0.352 e. The topological polar surface area (TPSA) is 66.5 Å². The predicted molar refractivity (Wildman–Crippen MR) is 146 cm³/mol. The van der Waals surface area contributed by atoms with Crippen molar-refractivity contribution in [2.24, 2.45) is 11.3 Å². The van der Waals surface area contributed by atoms with Gasteiger partial charge in [-0.1, -0.05) is 93.1 Å². The Labute approximate surface area is 221 Å². The van der Waals surface area contributed by atoms with Gasteiger partial charge in [-0.2, -0.15) is 0 Å². The highest BCUT2D eigenvalue weighted by molar-refractivity contribution is 6.31. The van der Waals surface area contributed by atoms with Gasteiger partial charge in [0.15, 0.2) is 11.6 Å². The van der Waals surface area contributed by atoms with Crippen LogP contribution in [0.25, 0.3) is 6.08 Å². The number of rotatable bonds is 3. The maximum Gasteiger partial charge on any atom is 0.238 e. The van der Waals surface area contributed by atoms with Crippen LogP contribution in [-0.4, -0.2) is 29.6 Å². The van der Waals surface area contributed by atoms with Crippen molar-refractivity contribution in [3.05, 3.63) is 101 Å². The first-order valence-electron chi connectivity index (χ1n) is 12.5. The number of hydrogen-bond donors (Lipinski definition) is 1. The predicted octanol–water partition coefficient (Wildman–Crippen LogP) is 5.93. The van der Waals surface area contributed by atoms with Crippen LogP contribution < -0.4 is 10.2 Å². The van der Waals surface area contributed by atoms with Crippen molar-refractivity contribution in [2.45, 2.75) is 38.3 Å². The van der Waals surface area contributed by atoms with E-state index in [0.29, 0.717) is 16.3 Å². The fourth-order valence-electron chi connectivity index (χ4n) is 6.38. The lowest BCUT2D eigenvalue weighted by atomic mass is 9.63. The molecule has 0 aliphatic carbocycles. The summed E-state index contributed by atoms with van der Waals surface area (Å²) in [7, 11) is 0. The second-order valence-corrected chi connectivity index (χ2v) is 11.5. The van der Waals surface area contributed by atoms with E-state index in [-0.39, 0.29) is 17.5 Å². The third kappa shape index (κ3) is 3.27. The summed E-state index contributed by atoms with van der Waals surface area (Å²) in [5.74, 6) is -1.50. The Morgan fingerprint density at radius 1 is 0.973 bits per heavy atom. The fraction of sp³-hybridized carbons (Fsp3) is 0.258. The molecule has 1 amide bonds. The summed E-state index contributed by atoms with van der Waals surface area (Å²) >= 11 is 6.32. The molecule has 6 rings (SSSR count). The lowest BCUT2D eigenvalue weighted by molar-refractivity contribution is -0.128. The monoisotopic (exact) mass is 510 g/mol. The van der Waals surface area contributed by atoms with E-state index >= 15 is 0 Å². The number of nitrogens with one attached hydrogen (secondary N) is 1. The number of hydrogen-bond acceptors (Lipinski definition) is 4. The van der Waals surface area contributed by atoms with Gasteiger partial charge in [-0.25, -0.2) is 0 Å². The second kappa shape index (κ2) is 8.15. The molecular formula is C31H27ClN2O3. The summed E-state index contributed by atoms with van der Waals surface area (Å²) in [6, 6.07) is 20.6. The van der Waals surface area contributed by atoms with Gasteiger partial charge in [0.25, 0.3) is 0 Å². The molecule has 3 heterocycles. The molecule has 4 atom stereocenters. The Morgan fingerprint density at radius 2 is 1.68 bits per heavy atom. The highest BCUT2D eigenvalue weighted by Crippen LogP contribution is 2.58. The van der Waals surface area contributed by atoms with Crippen LogP contribution in [0.1, 0.15) is 42.3 Å². The first kappa shape index (κ1) is 23.7. The number of nitrogens with zero attached hydrogens (tertiary/aromatic N) is 1. The number of para-hydroxylation sites is 1. The average Bonchev–Trinajstić information content (AvgIpc) is 3.35. The number of fused-ring (bicyclic) bond motifs is 6. The zero-order valence-corrected chi connectivity index (χ0v) is 21.6. The van der Waals surface area contributed by atoms with Crippen LogP contribution in [0.3, 0.4) is 0 Å². The van der Waals surface area contributed by atoms with Crippen LogP contribution in [0, 0.1) is 11.3 Å². The minimum absolute atomic E-state index is 0.0861. The van der Waals surface area contributed by atoms with Crippen molar-refractivity contribution >= 4 is 46.5 Å². The molecule has 3 aromatic carbocycles. The van der Waals surface area contributed by atoms with Crippen molar-refractivity contribution in [3.8, 4) is 0 Å². The van der Waals surface area contributed by atoms with Gasteiger partial charge >= 0.3 is 0 Å². The molecule has 37 heavy (non-hydrogen) atoms. The summed E-state index contributed by atoms with van der Waals surface area (Å²) in [6.45, 7) is 5.60. The number of anilines is 2. The first-order valence-corrected chi connectivity index (χ1v) is 12.8. The number of amides is 1. The van der Waals surface area contributed by atoms with Crippen molar-refractivity contribution in [1.29, 1.82) is 0 Å². The highest BCUT2D eigenvalue weighted by Gasteiger charge is 2.70. The Kier molecular flexibility index (Phi) is 5.22. The third-order valence-corrected chi connectivity index (χ3v) is 8.18. The largest absolute Gasteiger partial charge is 0.352 e. The maximum atomic E-state index is 14.5. The van der Waals surface area contributed by atoms with Gasteiger partial charge < -0.3 is 10.2 Å². The van der Waals surface area contributed by atoms with E-state index < -0.39 is 28.8 Å². The van der Waals surface area contributed by atoms with Gasteiger partial charge in [0.2, 0.25) is 5.91 Å². The van der Waals surface area contributed by atoms with E-state index in [0.717, 1.165) is 16.8 Å². The highest BCUT2D eigenvalue weighted by atomic mass is 35.5. The molecule has 1 spiro atoms. The SMILES string of the molecule is CC(C)(C)C(=O)[C@@H]1[C@H](C(=O)c2ccccc2)[C@]2(C(=O)Nc3ccccc32)[C@@H]2C=Cc3cc(Cl)ccc3N12. The molecule has 1 fully saturated rings. The molecule has 1 N–H and O–H groups in total. The summed E-state index contributed by atoms with van der Waals surface area (Å²) in [5, 5.41) is 3.63. The molecule has 0 bridgehead atoms. The summed E-state index contributed by atoms with van der Waals surface area (Å²) < 4.78 is 0. The third-order valence-electron chi connectivity index (χ3n) is 7.94. The first-order chi connectivity index (χ1) is 17.7. The molecule has 1 saturated heterocycles. The molecular weight excluding hydrogens is 484 g/mol. The van der Waals surface area contributed by atoms with Crippen LogP contribution in [0.5, 0.6) is 0 Å². The van der Waals surface area contributed by atoms with E-state index in [1.54, 1.807) is 18.2 Å². The van der Waals surface area contributed by atoms with Crippen molar-refractivity contribution in [1.82, 2.24) is 0 Å². The van der Waals surface area contributed by atoms with E-state index in [2.05, 4.69) is 5.32 Å². The molecule has 0 radical (unpaired) electrons. The molecule has 0 saturated carbocycles. The quantitative estimate of drug-likeness (QED) is 0.443. The number of carbonyl (C=O) groups is 3. The second-order valence-electron chi connectivity index (χ2n) is 11.1. The number of carbonyl (C=O) groups excluding carboxylic acids is 3. The molecule has 3 aliphatic heterocycles. The van der Waals surface area contributed by atoms with Gasteiger partial charge in [-0.05, 0) is 35.4 Å². The molecule has 0 unspecified atom stereocenters. The molecule has 3 aliphatic rings. The molecule has 3 aromatic rings. The minimum atomic E-state index is -1.29. The fourth-order valence-corrected chi connectivity index (χ4v) is 6.56. The Hall–Kier alpha value is -3.70. The Bertz CT molecular complexity index is 1490. The number of benzene rings is 3. The molecule has 6 heteroatoms. The van der Waals surface area contributed by atoms with Crippen LogP contribution in [0.15, 0.2) is 78.9 Å². The normalized spacial score (nSPS) is 25.5. The molecule has 5 nitrogen and oxygen atoms in total. The summed E-state index contributed by atoms with van der Waals surface area (Å²) in [6.07, 6.45) is 3.91. The number of halogens is 1. The number of Topliss-reactive ketones (excluding diaryl/α,β-unsaturated/α-hetero) is 2. The van der Waals surface area contributed by atoms with Crippen LogP contribution in [0.4, 0.5) is 11.4 Å². The van der Waals surface area contributed by atoms with Crippen LogP contribution >= 0.6 is 11.6 Å². The summed E-state index contributed by atoms with van der Waals surface area (Å²) in [5.41, 5.74) is 1.51. The van der Waals surface area contributed by atoms with Gasteiger partial charge in [0.05, 0.1) is 12.0 Å². The zero-order valence-electron chi connectivity index (χ0n) is 20.9. The van der Waals surface area contributed by atoms with Crippen molar-refractivity contribution < 1.29 is 14.4 Å². The van der Waals surface area contributed by atoms with E-state index in [9.17, 15) is 14.4 Å². The lowest BCUT2D eigenvalue weighted by Gasteiger charge is -2.38. The standard InChI is InChI=1S/C31H27ClN2O3/c1-30(2,3)28(36)26-25(27(35)18-9-5-4-6-10-18)31(21-11-7-8-12-22(21)33-29(31)37)24-16-13-19-17-20(32)14-15-23(19)34(24)26/h4-17,24-26H,1-3H3,(H,33,37)/t24-,25+,26-,31+/m0/s1. The summed E-state index contributed by atoms with van der Waals surface area (Å²) in [4.78, 5) is 45.0. The maximum absolute atomic E-state index is 14.5. The lowest BCUT2D eigenvalue weighted by Crippen LogP contribution is -2.51. The van der Waals surface area contributed by atoms with Gasteiger partial charge in [-0.3, -0.25) is 14.4 Å². The smallest absolute Gasteiger partial charge is 0.238 e. The van der Waals surface area contributed by atoms with E-state index in [1.165, 1.54) is 0 Å². The van der Waals surface area contributed by atoms with Gasteiger partial charge in [0, 0.05) is 27.4 Å². The Morgan fingerprint density at radius 3 is 2.41 bits per heavy atom. The van der Waals surface area contributed by atoms with Crippen molar-refractivity contribution in [2.75, 3.05) is 10.2 Å². The number of ketones is 2. The van der Waals surface area contributed by atoms with E-state index in [4.69, 9.17) is 11.6 Å². The van der Waals surface area contributed by atoms with Crippen molar-refractivity contribution in [3.63, 3.8) is 0 Å². The van der Waals surface area contributed by atoms with Crippen LogP contribution in [-0.2, 0) is 15.0 Å². The van der Waals surface area contributed by atoms with Gasteiger partial charge in [-0.15, -0.1) is 0 Å². The Balaban J connectivity index is 1.69. The zero-order chi connectivity index (χ0) is 26.1. The van der Waals surface area contributed by atoms with Crippen LogP contribution in [0.2, 0.25) is 5.02 Å². The van der Waals surface area contributed by atoms with Gasteiger partial charge in [0.1, 0.15) is 11.5 Å². The molecule has 186 valence electrons.